The number of carbonyl (C=O) groups is 1. The van der Waals surface area contributed by atoms with Crippen molar-refractivity contribution in [2.24, 2.45) is 0 Å². The molecule has 0 fully saturated rings. The van der Waals surface area contributed by atoms with Gasteiger partial charge >= 0.3 is 0 Å². The highest BCUT2D eigenvalue weighted by molar-refractivity contribution is 9.10. The van der Waals surface area contributed by atoms with Crippen molar-refractivity contribution in [3.63, 3.8) is 0 Å². The monoisotopic (exact) mass is 379 g/mol. The largest absolute Gasteiger partial charge is 0.492 e. The van der Waals surface area contributed by atoms with Gasteiger partial charge in [0.1, 0.15) is 11.6 Å². The van der Waals surface area contributed by atoms with Gasteiger partial charge in [0.15, 0.2) is 0 Å². The summed E-state index contributed by atoms with van der Waals surface area (Å²) in [5.74, 6) is 1.88. The second-order valence-electron chi connectivity index (χ2n) is 5.25. The van der Waals surface area contributed by atoms with Gasteiger partial charge in [-0.15, -0.1) is 0 Å². The van der Waals surface area contributed by atoms with E-state index in [1.54, 1.807) is 6.20 Å². The second kappa shape index (κ2) is 9.35. The molecule has 0 aliphatic rings. The summed E-state index contributed by atoms with van der Waals surface area (Å²) in [6, 6.07) is 7.71. The van der Waals surface area contributed by atoms with Crippen molar-refractivity contribution in [3.8, 4) is 5.75 Å². The van der Waals surface area contributed by atoms with Crippen LogP contribution in [0, 0.1) is 6.92 Å². The number of imidazole rings is 1. The average molecular weight is 380 g/mol. The number of carbonyl (C=O) groups excluding carboxylic acids is 1. The highest BCUT2D eigenvalue weighted by Gasteiger charge is 2.03. The van der Waals surface area contributed by atoms with E-state index in [1.165, 1.54) is 0 Å². The molecule has 1 heterocycles. The molecule has 0 spiro atoms. The fraction of sp³-hybridized carbons (Fsp3) is 0.412. The molecule has 2 aromatic rings. The normalized spacial score (nSPS) is 10.5. The van der Waals surface area contributed by atoms with E-state index < -0.39 is 0 Å². The predicted octanol–water partition coefficient (Wildman–Crippen LogP) is 3.32. The number of nitrogens with zero attached hydrogens (tertiary/aromatic N) is 2. The average Bonchev–Trinajstić information content (AvgIpc) is 2.95. The van der Waals surface area contributed by atoms with E-state index in [-0.39, 0.29) is 5.91 Å². The van der Waals surface area contributed by atoms with Crippen LogP contribution in [0.3, 0.4) is 0 Å². The summed E-state index contributed by atoms with van der Waals surface area (Å²) in [5.41, 5.74) is 0. The van der Waals surface area contributed by atoms with Crippen molar-refractivity contribution in [1.82, 2.24) is 14.9 Å². The minimum Gasteiger partial charge on any atom is -0.492 e. The summed E-state index contributed by atoms with van der Waals surface area (Å²) in [6.07, 6.45) is 5.83. The van der Waals surface area contributed by atoms with Crippen molar-refractivity contribution >= 4 is 21.8 Å². The summed E-state index contributed by atoms with van der Waals surface area (Å²) in [4.78, 5) is 15.9. The van der Waals surface area contributed by atoms with E-state index in [9.17, 15) is 4.79 Å². The van der Waals surface area contributed by atoms with Gasteiger partial charge in [-0.25, -0.2) is 4.98 Å². The molecule has 0 saturated heterocycles. The molecular weight excluding hydrogens is 358 g/mol. The SMILES string of the molecule is Cc1nccn1CCCNC(=O)CCCOc1ccccc1Br. The lowest BCUT2D eigenvalue weighted by atomic mass is 10.3. The van der Waals surface area contributed by atoms with Gasteiger partial charge in [0.25, 0.3) is 0 Å². The molecule has 0 bridgehead atoms. The summed E-state index contributed by atoms with van der Waals surface area (Å²) in [7, 11) is 0. The molecular formula is C17H22BrN3O2. The number of aryl methyl sites for hydroxylation is 2. The van der Waals surface area contributed by atoms with Gasteiger partial charge in [0, 0.05) is 31.9 Å². The summed E-state index contributed by atoms with van der Waals surface area (Å²) in [6.45, 7) is 4.06. The summed E-state index contributed by atoms with van der Waals surface area (Å²) < 4.78 is 8.65. The van der Waals surface area contributed by atoms with Crippen LogP contribution in [0.4, 0.5) is 0 Å². The van der Waals surface area contributed by atoms with Gasteiger partial charge in [0.05, 0.1) is 11.1 Å². The smallest absolute Gasteiger partial charge is 0.220 e. The fourth-order valence-corrected chi connectivity index (χ4v) is 2.58. The number of ether oxygens (including phenoxy) is 1. The number of hydrogen-bond donors (Lipinski definition) is 1. The van der Waals surface area contributed by atoms with Crippen LogP contribution < -0.4 is 10.1 Å². The molecule has 0 atom stereocenters. The molecule has 0 radical (unpaired) electrons. The van der Waals surface area contributed by atoms with E-state index in [0.717, 1.165) is 29.0 Å². The number of nitrogens with one attached hydrogen (secondary N) is 1. The Kier molecular flexibility index (Phi) is 7.13. The lowest BCUT2D eigenvalue weighted by molar-refractivity contribution is -0.121. The van der Waals surface area contributed by atoms with Gasteiger partial charge in [0.2, 0.25) is 5.91 Å². The number of aromatic nitrogens is 2. The van der Waals surface area contributed by atoms with E-state index in [2.05, 4.69) is 30.8 Å². The van der Waals surface area contributed by atoms with Gasteiger partial charge in [-0.2, -0.15) is 0 Å². The summed E-state index contributed by atoms with van der Waals surface area (Å²) in [5, 5.41) is 2.94. The number of amides is 1. The van der Waals surface area contributed by atoms with Crippen molar-refractivity contribution in [2.75, 3.05) is 13.2 Å². The lowest BCUT2D eigenvalue weighted by Gasteiger charge is -2.09. The van der Waals surface area contributed by atoms with Crippen molar-refractivity contribution in [2.45, 2.75) is 32.7 Å². The van der Waals surface area contributed by atoms with Crippen LogP contribution in [0.25, 0.3) is 0 Å². The standard InChI is InChI=1S/C17H22BrN3O2/c1-14-19-10-12-21(14)11-5-9-20-17(22)8-4-13-23-16-7-3-2-6-15(16)18/h2-3,6-7,10,12H,4-5,8-9,11,13H2,1H3,(H,20,22). The Morgan fingerprint density at radius 3 is 2.91 bits per heavy atom. The summed E-state index contributed by atoms with van der Waals surface area (Å²) >= 11 is 3.43. The second-order valence-corrected chi connectivity index (χ2v) is 6.11. The van der Waals surface area contributed by atoms with E-state index in [1.807, 2.05) is 37.4 Å². The Bertz CT molecular complexity index is 628. The van der Waals surface area contributed by atoms with Crippen molar-refractivity contribution < 1.29 is 9.53 Å². The first-order valence-electron chi connectivity index (χ1n) is 7.78. The zero-order valence-electron chi connectivity index (χ0n) is 13.3. The highest BCUT2D eigenvalue weighted by Crippen LogP contribution is 2.23. The molecule has 0 unspecified atom stereocenters. The number of hydrogen-bond acceptors (Lipinski definition) is 3. The Morgan fingerprint density at radius 1 is 1.35 bits per heavy atom. The van der Waals surface area contributed by atoms with Crippen LogP contribution in [0.1, 0.15) is 25.1 Å². The van der Waals surface area contributed by atoms with E-state index >= 15 is 0 Å². The Hall–Kier alpha value is -1.82. The van der Waals surface area contributed by atoms with Gasteiger partial charge < -0.3 is 14.6 Å². The molecule has 0 aliphatic heterocycles. The van der Waals surface area contributed by atoms with Crippen LogP contribution in [0.2, 0.25) is 0 Å². The van der Waals surface area contributed by atoms with Gasteiger partial charge in [-0.3, -0.25) is 4.79 Å². The third-order valence-electron chi connectivity index (χ3n) is 3.46. The topological polar surface area (TPSA) is 56.2 Å². The molecule has 1 amide bonds. The highest BCUT2D eigenvalue weighted by atomic mass is 79.9. The lowest BCUT2D eigenvalue weighted by Crippen LogP contribution is -2.25. The molecule has 0 saturated carbocycles. The first kappa shape index (κ1) is 17.5. The Balaban J connectivity index is 1.53. The van der Waals surface area contributed by atoms with Gasteiger partial charge in [-0.1, -0.05) is 12.1 Å². The Labute approximate surface area is 145 Å². The van der Waals surface area contributed by atoms with Crippen molar-refractivity contribution in [3.05, 3.63) is 47.0 Å². The number of halogens is 1. The molecule has 1 aromatic heterocycles. The van der Waals surface area contributed by atoms with Gasteiger partial charge in [-0.05, 0) is 47.8 Å². The Morgan fingerprint density at radius 2 is 2.17 bits per heavy atom. The molecule has 6 heteroatoms. The van der Waals surface area contributed by atoms with Crippen LogP contribution in [-0.4, -0.2) is 28.6 Å². The third-order valence-corrected chi connectivity index (χ3v) is 4.12. The van der Waals surface area contributed by atoms with Crippen molar-refractivity contribution in [1.29, 1.82) is 0 Å². The van der Waals surface area contributed by atoms with E-state index in [4.69, 9.17) is 4.74 Å². The molecule has 1 N–H and O–H groups in total. The predicted molar refractivity (Wildman–Crippen MR) is 93.5 cm³/mol. The van der Waals surface area contributed by atoms with Crippen LogP contribution in [0.15, 0.2) is 41.1 Å². The van der Waals surface area contributed by atoms with E-state index in [0.29, 0.717) is 26.0 Å². The minimum atomic E-state index is 0.0723. The zero-order valence-corrected chi connectivity index (χ0v) is 14.9. The quantitative estimate of drug-likeness (QED) is 0.679. The molecule has 5 nitrogen and oxygen atoms in total. The molecule has 1 aromatic carbocycles. The number of benzene rings is 1. The fourth-order valence-electron chi connectivity index (χ4n) is 2.18. The maximum atomic E-state index is 11.8. The van der Waals surface area contributed by atoms with Crippen LogP contribution >= 0.6 is 15.9 Å². The maximum absolute atomic E-state index is 11.8. The van der Waals surface area contributed by atoms with Crippen LogP contribution in [0.5, 0.6) is 5.75 Å². The first-order valence-corrected chi connectivity index (χ1v) is 8.58. The van der Waals surface area contributed by atoms with Crippen LogP contribution in [-0.2, 0) is 11.3 Å². The molecule has 124 valence electrons. The minimum absolute atomic E-state index is 0.0723. The zero-order chi connectivity index (χ0) is 16.5. The maximum Gasteiger partial charge on any atom is 0.220 e. The number of para-hydroxylation sites is 1. The third kappa shape index (κ3) is 6.06. The number of rotatable bonds is 9. The molecule has 2 rings (SSSR count). The molecule has 23 heavy (non-hydrogen) atoms. The molecule has 0 aliphatic carbocycles. The first-order chi connectivity index (χ1) is 11.2.